The first-order valence-electron chi connectivity index (χ1n) is 8.15. The molecule has 0 saturated carbocycles. The fourth-order valence-corrected chi connectivity index (χ4v) is 2.17. The third kappa shape index (κ3) is 7.37. The lowest BCUT2D eigenvalue weighted by atomic mass is 9.90. The Bertz CT molecular complexity index is 501. The second-order valence-corrected chi connectivity index (χ2v) is 6.93. The Kier molecular flexibility index (Phi) is 7.36. The van der Waals surface area contributed by atoms with Crippen molar-refractivity contribution in [3.8, 4) is 5.75 Å². The summed E-state index contributed by atoms with van der Waals surface area (Å²) in [4.78, 5) is 12.0. The number of aliphatic hydroxyl groups is 1. The van der Waals surface area contributed by atoms with Gasteiger partial charge in [-0.25, -0.2) is 4.79 Å². The van der Waals surface area contributed by atoms with Crippen molar-refractivity contribution in [2.45, 2.75) is 53.2 Å². The SMILES string of the molecule is CC(C)Oc1cccc(C(C)NC(=O)NCC(C)(C)CCO)c1. The molecule has 23 heavy (non-hydrogen) atoms. The molecule has 0 spiro atoms. The van der Waals surface area contributed by atoms with Gasteiger partial charge >= 0.3 is 6.03 Å². The van der Waals surface area contributed by atoms with Crippen molar-refractivity contribution in [1.82, 2.24) is 10.6 Å². The van der Waals surface area contributed by atoms with Crippen LogP contribution in [0, 0.1) is 5.41 Å². The summed E-state index contributed by atoms with van der Waals surface area (Å²) in [6.45, 7) is 10.6. The van der Waals surface area contributed by atoms with Crippen molar-refractivity contribution in [1.29, 1.82) is 0 Å². The Hall–Kier alpha value is -1.75. The predicted molar refractivity (Wildman–Crippen MR) is 92.6 cm³/mol. The summed E-state index contributed by atoms with van der Waals surface area (Å²) in [5, 5.41) is 14.8. The first kappa shape index (κ1) is 19.3. The van der Waals surface area contributed by atoms with Crippen molar-refractivity contribution in [2.75, 3.05) is 13.2 Å². The van der Waals surface area contributed by atoms with E-state index in [1.807, 2.05) is 58.9 Å². The number of amides is 2. The van der Waals surface area contributed by atoms with Gasteiger partial charge in [0.1, 0.15) is 5.75 Å². The van der Waals surface area contributed by atoms with Gasteiger partial charge in [-0.05, 0) is 50.3 Å². The zero-order chi connectivity index (χ0) is 17.5. The summed E-state index contributed by atoms with van der Waals surface area (Å²) in [6, 6.07) is 7.42. The van der Waals surface area contributed by atoms with Crippen LogP contribution in [0.1, 0.15) is 52.6 Å². The van der Waals surface area contributed by atoms with E-state index >= 15 is 0 Å². The highest BCUT2D eigenvalue weighted by Gasteiger charge is 2.19. The number of carbonyl (C=O) groups excluding carboxylic acids is 1. The molecule has 0 radical (unpaired) electrons. The molecule has 2 amide bonds. The summed E-state index contributed by atoms with van der Waals surface area (Å²) in [5.41, 5.74) is 0.869. The Morgan fingerprint density at radius 2 is 2.00 bits per heavy atom. The van der Waals surface area contributed by atoms with Crippen molar-refractivity contribution >= 4 is 6.03 Å². The van der Waals surface area contributed by atoms with Crippen LogP contribution in [-0.2, 0) is 0 Å². The van der Waals surface area contributed by atoms with Gasteiger partial charge in [0.2, 0.25) is 0 Å². The monoisotopic (exact) mass is 322 g/mol. The molecule has 1 aromatic rings. The van der Waals surface area contributed by atoms with Gasteiger partial charge < -0.3 is 20.5 Å². The molecule has 0 aliphatic rings. The molecule has 0 aromatic heterocycles. The first-order valence-corrected chi connectivity index (χ1v) is 8.15. The summed E-state index contributed by atoms with van der Waals surface area (Å²) < 4.78 is 5.68. The molecular formula is C18H30N2O3. The minimum atomic E-state index is -0.210. The number of benzene rings is 1. The number of carbonyl (C=O) groups is 1. The zero-order valence-corrected chi connectivity index (χ0v) is 14.8. The minimum Gasteiger partial charge on any atom is -0.491 e. The Morgan fingerprint density at radius 3 is 2.61 bits per heavy atom. The van der Waals surface area contributed by atoms with E-state index in [4.69, 9.17) is 9.84 Å². The minimum absolute atomic E-state index is 0.116. The molecule has 0 aliphatic heterocycles. The van der Waals surface area contributed by atoms with E-state index in [2.05, 4.69) is 10.6 Å². The number of nitrogens with one attached hydrogen (secondary N) is 2. The highest BCUT2D eigenvalue weighted by Crippen LogP contribution is 2.20. The van der Waals surface area contributed by atoms with Crippen LogP contribution >= 0.6 is 0 Å². The predicted octanol–water partition coefficient (Wildman–Crippen LogP) is 3.24. The molecule has 1 aromatic carbocycles. The van der Waals surface area contributed by atoms with E-state index in [9.17, 15) is 4.79 Å². The molecule has 130 valence electrons. The molecular weight excluding hydrogens is 292 g/mol. The molecule has 0 aliphatic carbocycles. The third-order valence-electron chi connectivity index (χ3n) is 3.59. The van der Waals surface area contributed by atoms with Crippen molar-refractivity contribution in [2.24, 2.45) is 5.41 Å². The van der Waals surface area contributed by atoms with Gasteiger partial charge in [-0.2, -0.15) is 0 Å². The summed E-state index contributed by atoms with van der Waals surface area (Å²) in [5.74, 6) is 0.802. The van der Waals surface area contributed by atoms with E-state index in [0.717, 1.165) is 11.3 Å². The van der Waals surface area contributed by atoms with E-state index in [1.54, 1.807) is 0 Å². The number of aliphatic hydroxyl groups excluding tert-OH is 1. The molecule has 0 bridgehead atoms. The second kappa shape index (κ2) is 8.77. The Morgan fingerprint density at radius 1 is 1.30 bits per heavy atom. The highest BCUT2D eigenvalue weighted by atomic mass is 16.5. The lowest BCUT2D eigenvalue weighted by Crippen LogP contribution is -2.41. The highest BCUT2D eigenvalue weighted by molar-refractivity contribution is 5.74. The molecule has 0 saturated heterocycles. The number of urea groups is 1. The van der Waals surface area contributed by atoms with Gasteiger partial charge in [0.15, 0.2) is 0 Å². The van der Waals surface area contributed by atoms with Crippen molar-refractivity contribution in [3.05, 3.63) is 29.8 Å². The number of hydrogen-bond acceptors (Lipinski definition) is 3. The van der Waals surface area contributed by atoms with E-state index in [1.165, 1.54) is 0 Å². The average Bonchev–Trinajstić information content (AvgIpc) is 2.45. The lowest BCUT2D eigenvalue weighted by Gasteiger charge is -2.24. The zero-order valence-electron chi connectivity index (χ0n) is 14.8. The maximum atomic E-state index is 12.0. The van der Waals surface area contributed by atoms with Crippen LogP contribution < -0.4 is 15.4 Å². The quantitative estimate of drug-likeness (QED) is 0.688. The van der Waals surface area contributed by atoms with Crippen LogP contribution in [0.5, 0.6) is 5.75 Å². The molecule has 5 nitrogen and oxygen atoms in total. The molecule has 5 heteroatoms. The average molecular weight is 322 g/mol. The van der Waals surface area contributed by atoms with Gasteiger partial charge in [-0.1, -0.05) is 26.0 Å². The molecule has 3 N–H and O–H groups in total. The second-order valence-electron chi connectivity index (χ2n) is 6.93. The van der Waals surface area contributed by atoms with Crippen LogP contribution in [0.15, 0.2) is 24.3 Å². The van der Waals surface area contributed by atoms with E-state index < -0.39 is 0 Å². The van der Waals surface area contributed by atoms with Crippen molar-refractivity contribution in [3.63, 3.8) is 0 Å². The van der Waals surface area contributed by atoms with Crippen LogP contribution in [0.3, 0.4) is 0 Å². The van der Waals surface area contributed by atoms with Gasteiger partial charge in [-0.15, -0.1) is 0 Å². The normalized spacial score (nSPS) is 12.8. The van der Waals surface area contributed by atoms with Crippen LogP contribution in [0.2, 0.25) is 0 Å². The smallest absolute Gasteiger partial charge is 0.315 e. The third-order valence-corrected chi connectivity index (χ3v) is 3.59. The Balaban J connectivity index is 2.55. The molecule has 1 atom stereocenters. The maximum absolute atomic E-state index is 12.0. The largest absolute Gasteiger partial charge is 0.491 e. The van der Waals surface area contributed by atoms with E-state index in [0.29, 0.717) is 13.0 Å². The first-order chi connectivity index (χ1) is 10.7. The Labute approximate surface area is 139 Å². The van der Waals surface area contributed by atoms with Crippen molar-refractivity contribution < 1.29 is 14.6 Å². The van der Waals surface area contributed by atoms with E-state index in [-0.39, 0.29) is 30.2 Å². The fraction of sp³-hybridized carbons (Fsp3) is 0.611. The van der Waals surface area contributed by atoms with Gasteiger partial charge in [0.25, 0.3) is 0 Å². The molecule has 0 heterocycles. The topological polar surface area (TPSA) is 70.6 Å². The van der Waals surface area contributed by atoms with Gasteiger partial charge in [0, 0.05) is 13.2 Å². The summed E-state index contributed by atoms with van der Waals surface area (Å²) in [7, 11) is 0. The van der Waals surface area contributed by atoms with Crippen LogP contribution in [0.4, 0.5) is 4.79 Å². The van der Waals surface area contributed by atoms with Crippen LogP contribution in [0.25, 0.3) is 0 Å². The maximum Gasteiger partial charge on any atom is 0.315 e. The standard InChI is InChI=1S/C18H30N2O3/c1-13(2)23-16-8-6-7-15(11-16)14(3)20-17(22)19-12-18(4,5)9-10-21/h6-8,11,13-14,21H,9-10,12H2,1-5H3,(H2,19,20,22). The lowest BCUT2D eigenvalue weighted by molar-refractivity contribution is 0.200. The molecule has 1 rings (SSSR count). The number of hydrogen-bond donors (Lipinski definition) is 3. The number of rotatable bonds is 8. The molecule has 1 unspecified atom stereocenters. The van der Waals surface area contributed by atoms with Crippen LogP contribution in [-0.4, -0.2) is 30.4 Å². The molecule has 0 fully saturated rings. The summed E-state index contributed by atoms with van der Waals surface area (Å²) in [6.07, 6.45) is 0.766. The van der Waals surface area contributed by atoms with Gasteiger partial charge in [0.05, 0.1) is 12.1 Å². The fourth-order valence-electron chi connectivity index (χ4n) is 2.17. The van der Waals surface area contributed by atoms with Gasteiger partial charge in [-0.3, -0.25) is 0 Å². The summed E-state index contributed by atoms with van der Waals surface area (Å²) >= 11 is 0. The number of ether oxygens (including phenoxy) is 1.